The molecule has 1 aromatic heterocycles. The zero-order valence-electron chi connectivity index (χ0n) is 9.88. The molecule has 0 aliphatic carbocycles. The lowest BCUT2D eigenvalue weighted by Gasteiger charge is -2.03. The average molecular weight is 315 g/mol. The van der Waals surface area contributed by atoms with Crippen LogP contribution in [0.4, 0.5) is 5.82 Å². The Hall–Kier alpha value is -2.12. The highest BCUT2D eigenvalue weighted by Crippen LogP contribution is 2.21. The van der Waals surface area contributed by atoms with Gasteiger partial charge in [-0.2, -0.15) is 0 Å². The van der Waals surface area contributed by atoms with Gasteiger partial charge >= 0.3 is 5.97 Å². The van der Waals surface area contributed by atoms with E-state index in [1.165, 1.54) is 24.4 Å². The van der Waals surface area contributed by atoms with Gasteiger partial charge in [0.2, 0.25) is 0 Å². The number of amides is 1. The van der Waals surface area contributed by atoms with Gasteiger partial charge in [0, 0.05) is 5.02 Å². The van der Waals surface area contributed by atoms with E-state index in [4.69, 9.17) is 28.3 Å². The van der Waals surface area contributed by atoms with E-state index >= 15 is 0 Å². The predicted molar refractivity (Wildman–Crippen MR) is 72.1 cm³/mol. The number of nitrogens with zero attached hydrogens (tertiary/aromatic N) is 3. The first-order valence-electron chi connectivity index (χ1n) is 5.34. The molecular formula is C11H8Cl2N4O3. The van der Waals surface area contributed by atoms with Crippen LogP contribution >= 0.6 is 23.2 Å². The average Bonchev–Trinajstić information content (AvgIpc) is 2.75. The Labute approximate surface area is 123 Å². The Balaban J connectivity index is 2.11. The zero-order valence-corrected chi connectivity index (χ0v) is 11.4. The lowest BCUT2D eigenvalue weighted by Crippen LogP contribution is -2.12. The predicted octanol–water partition coefficient (Wildman–Crippen LogP) is 1.92. The van der Waals surface area contributed by atoms with Crippen molar-refractivity contribution in [3.8, 4) is 0 Å². The number of hydrogen-bond acceptors (Lipinski definition) is 4. The van der Waals surface area contributed by atoms with Crippen LogP contribution in [0.2, 0.25) is 10.0 Å². The lowest BCUT2D eigenvalue weighted by molar-refractivity contribution is -0.137. The number of benzene rings is 1. The zero-order chi connectivity index (χ0) is 14.7. The van der Waals surface area contributed by atoms with E-state index in [0.29, 0.717) is 5.02 Å². The molecule has 0 bridgehead atoms. The fourth-order valence-electron chi connectivity index (χ4n) is 1.43. The second kappa shape index (κ2) is 5.89. The number of rotatable bonds is 4. The van der Waals surface area contributed by atoms with Crippen molar-refractivity contribution in [2.45, 2.75) is 6.54 Å². The maximum Gasteiger partial charge on any atom is 0.325 e. The molecule has 1 aromatic carbocycles. The van der Waals surface area contributed by atoms with Crippen molar-refractivity contribution in [1.29, 1.82) is 0 Å². The summed E-state index contributed by atoms with van der Waals surface area (Å²) in [6, 6.07) is 4.45. The molecule has 2 N–H and O–H groups in total. The largest absolute Gasteiger partial charge is 0.480 e. The molecule has 0 saturated heterocycles. The SMILES string of the molecule is O=C(O)Cn1cc(NC(=O)c2ccc(Cl)cc2Cl)nn1. The van der Waals surface area contributed by atoms with Crippen LogP contribution in [0.1, 0.15) is 10.4 Å². The quantitative estimate of drug-likeness (QED) is 0.898. The van der Waals surface area contributed by atoms with Crippen molar-refractivity contribution in [2.24, 2.45) is 0 Å². The molecule has 104 valence electrons. The van der Waals surface area contributed by atoms with Crippen LogP contribution in [0.3, 0.4) is 0 Å². The molecule has 2 aromatic rings. The molecule has 0 atom stereocenters. The van der Waals surface area contributed by atoms with Crippen molar-refractivity contribution in [2.75, 3.05) is 5.32 Å². The van der Waals surface area contributed by atoms with Crippen molar-refractivity contribution < 1.29 is 14.7 Å². The first-order valence-corrected chi connectivity index (χ1v) is 6.09. The fourth-order valence-corrected chi connectivity index (χ4v) is 1.92. The van der Waals surface area contributed by atoms with Crippen molar-refractivity contribution >= 4 is 40.9 Å². The van der Waals surface area contributed by atoms with Crippen LogP contribution in [0.25, 0.3) is 0 Å². The van der Waals surface area contributed by atoms with E-state index in [-0.39, 0.29) is 22.9 Å². The van der Waals surface area contributed by atoms with Crippen LogP contribution < -0.4 is 5.32 Å². The first-order chi connectivity index (χ1) is 9.45. The van der Waals surface area contributed by atoms with Gasteiger partial charge in [-0.15, -0.1) is 5.10 Å². The maximum absolute atomic E-state index is 11.9. The summed E-state index contributed by atoms with van der Waals surface area (Å²) in [5, 5.41) is 18.9. The van der Waals surface area contributed by atoms with Gasteiger partial charge in [-0.3, -0.25) is 9.59 Å². The maximum atomic E-state index is 11.9. The third kappa shape index (κ3) is 3.46. The minimum absolute atomic E-state index is 0.127. The molecule has 0 fully saturated rings. The van der Waals surface area contributed by atoms with Gasteiger partial charge in [-0.05, 0) is 18.2 Å². The smallest absolute Gasteiger partial charge is 0.325 e. The number of aromatic nitrogens is 3. The Morgan fingerprint density at radius 2 is 2.10 bits per heavy atom. The van der Waals surface area contributed by atoms with E-state index < -0.39 is 11.9 Å². The van der Waals surface area contributed by atoms with E-state index in [2.05, 4.69) is 15.6 Å². The molecule has 20 heavy (non-hydrogen) atoms. The molecule has 0 aliphatic rings. The van der Waals surface area contributed by atoms with Gasteiger partial charge < -0.3 is 10.4 Å². The minimum Gasteiger partial charge on any atom is -0.480 e. The summed E-state index contributed by atoms with van der Waals surface area (Å²) in [4.78, 5) is 22.4. The van der Waals surface area contributed by atoms with Crippen LogP contribution in [0.15, 0.2) is 24.4 Å². The number of carboxylic acids is 1. The molecule has 1 heterocycles. The molecule has 0 aliphatic heterocycles. The molecular weight excluding hydrogens is 307 g/mol. The molecule has 0 unspecified atom stereocenters. The number of hydrogen-bond donors (Lipinski definition) is 2. The standard InChI is InChI=1S/C11H8Cl2N4O3/c12-6-1-2-7(8(13)3-6)11(20)14-9-4-17(16-15-9)5-10(18)19/h1-4H,5H2,(H,14,20)(H,18,19). The Morgan fingerprint density at radius 3 is 2.75 bits per heavy atom. The molecule has 0 spiro atoms. The highest BCUT2D eigenvalue weighted by atomic mass is 35.5. The summed E-state index contributed by atoms with van der Waals surface area (Å²) in [7, 11) is 0. The van der Waals surface area contributed by atoms with Gasteiger partial charge in [0.05, 0.1) is 16.8 Å². The topological polar surface area (TPSA) is 97.1 Å². The third-order valence-corrected chi connectivity index (χ3v) is 2.80. The van der Waals surface area contributed by atoms with E-state index in [1.54, 1.807) is 0 Å². The molecule has 0 saturated carbocycles. The van der Waals surface area contributed by atoms with Gasteiger partial charge in [-0.25, -0.2) is 4.68 Å². The number of carboxylic acid groups (broad SMARTS) is 1. The molecule has 0 radical (unpaired) electrons. The molecule has 9 heteroatoms. The second-order valence-corrected chi connectivity index (χ2v) is 4.62. The lowest BCUT2D eigenvalue weighted by atomic mass is 10.2. The highest BCUT2D eigenvalue weighted by Gasteiger charge is 2.13. The van der Waals surface area contributed by atoms with Crippen LogP contribution in [0.5, 0.6) is 0 Å². The van der Waals surface area contributed by atoms with E-state index in [1.807, 2.05) is 0 Å². The molecule has 1 amide bonds. The Kier molecular flexibility index (Phi) is 4.21. The summed E-state index contributed by atoms with van der Waals surface area (Å²) >= 11 is 11.6. The summed E-state index contributed by atoms with van der Waals surface area (Å²) in [5.41, 5.74) is 0.226. The van der Waals surface area contributed by atoms with Crippen molar-refractivity contribution in [1.82, 2.24) is 15.0 Å². The van der Waals surface area contributed by atoms with Crippen LogP contribution in [0, 0.1) is 0 Å². The first kappa shape index (κ1) is 14.3. The summed E-state index contributed by atoms with van der Waals surface area (Å²) in [6.07, 6.45) is 1.30. The Morgan fingerprint density at radius 1 is 1.35 bits per heavy atom. The monoisotopic (exact) mass is 314 g/mol. The van der Waals surface area contributed by atoms with Gasteiger partial charge in [-0.1, -0.05) is 28.4 Å². The van der Waals surface area contributed by atoms with Crippen molar-refractivity contribution in [3.05, 3.63) is 40.0 Å². The second-order valence-electron chi connectivity index (χ2n) is 3.77. The van der Waals surface area contributed by atoms with Crippen molar-refractivity contribution in [3.63, 3.8) is 0 Å². The number of carbonyl (C=O) groups excluding carboxylic acids is 1. The normalized spacial score (nSPS) is 10.3. The number of carbonyl (C=O) groups is 2. The minimum atomic E-state index is -1.06. The van der Waals surface area contributed by atoms with Crippen LogP contribution in [-0.4, -0.2) is 32.0 Å². The number of halogens is 2. The summed E-state index contributed by atoms with van der Waals surface area (Å²) in [6.45, 7) is -0.343. The van der Waals surface area contributed by atoms with Crippen LogP contribution in [-0.2, 0) is 11.3 Å². The molecule has 7 nitrogen and oxygen atoms in total. The molecule has 2 rings (SSSR count). The summed E-state index contributed by atoms with van der Waals surface area (Å²) in [5.74, 6) is -1.43. The number of nitrogens with one attached hydrogen (secondary N) is 1. The van der Waals surface area contributed by atoms with Gasteiger partial charge in [0.15, 0.2) is 5.82 Å². The van der Waals surface area contributed by atoms with Gasteiger partial charge in [0.1, 0.15) is 6.54 Å². The number of aliphatic carboxylic acids is 1. The summed E-state index contributed by atoms with van der Waals surface area (Å²) < 4.78 is 1.08. The fraction of sp³-hybridized carbons (Fsp3) is 0.0909. The van der Waals surface area contributed by atoms with Gasteiger partial charge in [0.25, 0.3) is 5.91 Å². The van der Waals surface area contributed by atoms with E-state index in [9.17, 15) is 9.59 Å². The van der Waals surface area contributed by atoms with E-state index in [0.717, 1.165) is 4.68 Å². The third-order valence-electron chi connectivity index (χ3n) is 2.25. The highest BCUT2D eigenvalue weighted by molar-refractivity contribution is 6.37. The Bertz CT molecular complexity index is 671. The number of anilines is 1.